The number of hydrogen-bond donors (Lipinski definition) is 1. The number of pyridine rings is 1. The molecule has 2 atom stereocenters. The second-order valence-corrected chi connectivity index (χ2v) is 5.57. The van der Waals surface area contributed by atoms with E-state index in [2.05, 4.69) is 38.4 Å². The molecule has 0 spiro atoms. The lowest BCUT2D eigenvalue weighted by atomic mass is 9.94. The molecule has 3 nitrogen and oxygen atoms in total. The summed E-state index contributed by atoms with van der Waals surface area (Å²) in [7, 11) is 1.99. The van der Waals surface area contributed by atoms with Gasteiger partial charge in [-0.3, -0.25) is 4.98 Å². The highest BCUT2D eigenvalue weighted by molar-refractivity contribution is 9.10. The number of hydrogen-bond acceptors (Lipinski definition) is 3. The molecule has 1 N–H and O–H groups in total. The molecule has 1 aliphatic rings. The zero-order valence-corrected chi connectivity index (χ0v) is 12.2. The van der Waals surface area contributed by atoms with Crippen LogP contribution in [0.1, 0.15) is 29.7 Å². The predicted molar refractivity (Wildman–Crippen MR) is 78.2 cm³/mol. The summed E-state index contributed by atoms with van der Waals surface area (Å²) in [5.41, 5.74) is 2.33. The molecule has 0 fully saturated rings. The monoisotopic (exact) mass is 318 g/mol. The number of fused-ring (bicyclic) bond motifs is 1. The molecular formula is C15H15BrN2O. The summed E-state index contributed by atoms with van der Waals surface area (Å²) in [5, 5.41) is 3.36. The molecule has 2 unspecified atom stereocenters. The van der Waals surface area contributed by atoms with E-state index in [9.17, 15) is 0 Å². The second-order valence-electron chi connectivity index (χ2n) is 4.66. The normalized spacial score (nSPS) is 21.6. The minimum Gasteiger partial charge on any atom is -0.485 e. The van der Waals surface area contributed by atoms with Gasteiger partial charge in [0, 0.05) is 40.5 Å². The van der Waals surface area contributed by atoms with Crippen LogP contribution in [0.15, 0.2) is 47.2 Å². The summed E-state index contributed by atoms with van der Waals surface area (Å²) >= 11 is 3.46. The average Bonchev–Trinajstić information content (AvgIpc) is 2.46. The van der Waals surface area contributed by atoms with E-state index in [4.69, 9.17) is 4.74 Å². The molecule has 98 valence electrons. The van der Waals surface area contributed by atoms with E-state index in [-0.39, 0.29) is 6.10 Å². The quantitative estimate of drug-likeness (QED) is 0.918. The van der Waals surface area contributed by atoms with E-state index in [1.165, 1.54) is 5.56 Å². The first kappa shape index (κ1) is 12.6. The van der Waals surface area contributed by atoms with Gasteiger partial charge < -0.3 is 10.1 Å². The van der Waals surface area contributed by atoms with Crippen molar-refractivity contribution in [3.05, 3.63) is 58.3 Å². The number of benzene rings is 1. The Morgan fingerprint density at radius 3 is 2.95 bits per heavy atom. The molecule has 4 heteroatoms. The van der Waals surface area contributed by atoms with Crippen molar-refractivity contribution in [3.8, 4) is 5.75 Å². The number of halogens is 1. The largest absolute Gasteiger partial charge is 0.485 e. The maximum atomic E-state index is 6.10. The standard InChI is InChI=1S/C15H15BrN2O/c1-17-13-7-15(10-6-11(16)9-18-8-10)19-14-5-3-2-4-12(13)14/h2-6,8-9,13,15,17H,7H2,1H3. The van der Waals surface area contributed by atoms with Gasteiger partial charge in [0.05, 0.1) is 0 Å². The molecule has 2 heterocycles. The number of ether oxygens (including phenoxy) is 1. The van der Waals surface area contributed by atoms with Crippen molar-refractivity contribution in [2.75, 3.05) is 7.05 Å². The van der Waals surface area contributed by atoms with Crippen molar-refractivity contribution < 1.29 is 4.74 Å². The summed E-state index contributed by atoms with van der Waals surface area (Å²) in [6.07, 6.45) is 4.61. The first-order chi connectivity index (χ1) is 9.28. The molecule has 0 saturated heterocycles. The number of nitrogens with one attached hydrogen (secondary N) is 1. The fraction of sp³-hybridized carbons (Fsp3) is 0.267. The van der Waals surface area contributed by atoms with Crippen LogP contribution in [-0.4, -0.2) is 12.0 Å². The van der Waals surface area contributed by atoms with Gasteiger partial charge in [0.15, 0.2) is 0 Å². The summed E-state index contributed by atoms with van der Waals surface area (Å²) in [6.45, 7) is 0. The summed E-state index contributed by atoms with van der Waals surface area (Å²) in [5.74, 6) is 0.957. The Balaban J connectivity index is 1.95. The molecule has 0 bridgehead atoms. The fourth-order valence-corrected chi connectivity index (χ4v) is 2.88. The van der Waals surface area contributed by atoms with Crippen molar-refractivity contribution in [3.63, 3.8) is 0 Å². The van der Waals surface area contributed by atoms with Gasteiger partial charge in [-0.2, -0.15) is 0 Å². The van der Waals surface area contributed by atoms with Crippen LogP contribution in [0.5, 0.6) is 5.75 Å². The van der Waals surface area contributed by atoms with Gasteiger partial charge in [0.2, 0.25) is 0 Å². The van der Waals surface area contributed by atoms with E-state index in [0.29, 0.717) is 6.04 Å². The summed E-state index contributed by atoms with van der Waals surface area (Å²) in [4.78, 5) is 4.22. The molecule has 3 rings (SSSR count). The number of nitrogens with zero attached hydrogens (tertiary/aromatic N) is 1. The first-order valence-electron chi connectivity index (χ1n) is 6.31. The van der Waals surface area contributed by atoms with E-state index < -0.39 is 0 Å². The Hall–Kier alpha value is -1.39. The smallest absolute Gasteiger partial charge is 0.127 e. The molecule has 19 heavy (non-hydrogen) atoms. The highest BCUT2D eigenvalue weighted by Crippen LogP contribution is 2.40. The summed E-state index contributed by atoms with van der Waals surface area (Å²) < 4.78 is 7.08. The maximum absolute atomic E-state index is 6.10. The van der Waals surface area contributed by atoms with Crippen LogP contribution < -0.4 is 10.1 Å². The number of para-hydroxylation sites is 1. The lowest BCUT2D eigenvalue weighted by molar-refractivity contribution is 0.153. The molecular weight excluding hydrogens is 304 g/mol. The zero-order valence-electron chi connectivity index (χ0n) is 10.6. The lowest BCUT2D eigenvalue weighted by Gasteiger charge is -2.32. The minimum atomic E-state index is 0.0392. The van der Waals surface area contributed by atoms with Crippen molar-refractivity contribution in [2.24, 2.45) is 0 Å². The van der Waals surface area contributed by atoms with Gasteiger partial charge in [-0.25, -0.2) is 0 Å². The second kappa shape index (κ2) is 5.31. The molecule has 1 aromatic carbocycles. The highest BCUT2D eigenvalue weighted by Gasteiger charge is 2.28. The van der Waals surface area contributed by atoms with Crippen LogP contribution in [0.4, 0.5) is 0 Å². The van der Waals surface area contributed by atoms with Crippen LogP contribution in [0.3, 0.4) is 0 Å². The number of rotatable bonds is 2. The Morgan fingerprint density at radius 2 is 2.16 bits per heavy atom. The van der Waals surface area contributed by atoms with Gasteiger partial charge in [-0.1, -0.05) is 18.2 Å². The van der Waals surface area contributed by atoms with E-state index in [0.717, 1.165) is 22.2 Å². The third-order valence-electron chi connectivity index (χ3n) is 3.46. The van der Waals surface area contributed by atoms with E-state index >= 15 is 0 Å². The fourth-order valence-electron chi connectivity index (χ4n) is 2.50. The van der Waals surface area contributed by atoms with E-state index in [1.54, 1.807) is 6.20 Å². The molecule has 0 saturated carbocycles. The van der Waals surface area contributed by atoms with Crippen LogP contribution in [0, 0.1) is 0 Å². The topological polar surface area (TPSA) is 34.2 Å². The Morgan fingerprint density at radius 1 is 1.32 bits per heavy atom. The van der Waals surface area contributed by atoms with E-state index in [1.807, 2.05) is 31.4 Å². The van der Waals surface area contributed by atoms with Crippen LogP contribution in [0.25, 0.3) is 0 Å². The Bertz CT molecular complexity index is 588. The molecule has 0 amide bonds. The third kappa shape index (κ3) is 2.51. The Kier molecular flexibility index (Phi) is 3.53. The van der Waals surface area contributed by atoms with Gasteiger partial charge >= 0.3 is 0 Å². The third-order valence-corrected chi connectivity index (χ3v) is 3.89. The predicted octanol–water partition coefficient (Wildman–Crippen LogP) is 3.63. The SMILES string of the molecule is CNC1CC(c2cncc(Br)c2)Oc2ccccc21. The van der Waals surface area contributed by atoms with Crippen molar-refractivity contribution in [2.45, 2.75) is 18.6 Å². The minimum absolute atomic E-state index is 0.0392. The maximum Gasteiger partial charge on any atom is 0.127 e. The highest BCUT2D eigenvalue weighted by atomic mass is 79.9. The first-order valence-corrected chi connectivity index (χ1v) is 7.10. The zero-order chi connectivity index (χ0) is 13.2. The van der Waals surface area contributed by atoms with Gasteiger partial charge in [-0.15, -0.1) is 0 Å². The average molecular weight is 319 g/mol. The van der Waals surface area contributed by atoms with Crippen LogP contribution in [-0.2, 0) is 0 Å². The van der Waals surface area contributed by atoms with Gasteiger partial charge in [0.25, 0.3) is 0 Å². The van der Waals surface area contributed by atoms with Gasteiger partial charge in [-0.05, 0) is 35.1 Å². The van der Waals surface area contributed by atoms with Crippen molar-refractivity contribution in [1.82, 2.24) is 10.3 Å². The molecule has 0 aliphatic carbocycles. The molecule has 2 aromatic rings. The van der Waals surface area contributed by atoms with Crippen LogP contribution in [0.2, 0.25) is 0 Å². The lowest BCUT2D eigenvalue weighted by Crippen LogP contribution is -2.26. The molecule has 0 radical (unpaired) electrons. The Labute approximate surface area is 121 Å². The summed E-state index contributed by atoms with van der Waals surface area (Å²) in [6, 6.07) is 10.6. The van der Waals surface area contributed by atoms with Gasteiger partial charge in [0.1, 0.15) is 11.9 Å². The van der Waals surface area contributed by atoms with Crippen LogP contribution >= 0.6 is 15.9 Å². The van der Waals surface area contributed by atoms with Crippen molar-refractivity contribution >= 4 is 15.9 Å². The molecule has 1 aliphatic heterocycles. The molecule has 1 aromatic heterocycles. The van der Waals surface area contributed by atoms with Crippen molar-refractivity contribution in [1.29, 1.82) is 0 Å². The number of aromatic nitrogens is 1.